The van der Waals surface area contributed by atoms with Gasteiger partial charge in [-0.25, -0.2) is 4.79 Å². The Hall–Kier alpha value is -1.75. The van der Waals surface area contributed by atoms with Crippen LogP contribution in [0.15, 0.2) is 24.3 Å². The van der Waals surface area contributed by atoms with Crippen molar-refractivity contribution in [1.29, 1.82) is 0 Å². The van der Waals surface area contributed by atoms with E-state index in [1.54, 1.807) is 7.11 Å². The van der Waals surface area contributed by atoms with Gasteiger partial charge in [0.05, 0.1) is 12.7 Å². The highest BCUT2D eigenvalue weighted by atomic mass is 16.5. The van der Waals surface area contributed by atoms with Gasteiger partial charge in [-0.15, -0.1) is 0 Å². The molecule has 1 fully saturated rings. The Morgan fingerprint density at radius 2 is 1.95 bits per heavy atom. The predicted molar refractivity (Wildman–Crippen MR) is 85.9 cm³/mol. The normalized spacial score (nSPS) is 17.4. The van der Waals surface area contributed by atoms with E-state index in [1.807, 2.05) is 24.3 Å². The molecule has 22 heavy (non-hydrogen) atoms. The Labute approximate surface area is 132 Å². The van der Waals surface area contributed by atoms with Crippen LogP contribution in [0.3, 0.4) is 0 Å². The van der Waals surface area contributed by atoms with Gasteiger partial charge in [0.25, 0.3) is 0 Å². The first kappa shape index (κ1) is 16.6. The van der Waals surface area contributed by atoms with Gasteiger partial charge >= 0.3 is 6.03 Å². The van der Waals surface area contributed by atoms with E-state index in [-0.39, 0.29) is 6.03 Å². The molecule has 0 bridgehead atoms. The zero-order valence-electron chi connectivity index (χ0n) is 13.2. The predicted octanol–water partition coefficient (Wildman–Crippen LogP) is 2.58. The van der Waals surface area contributed by atoms with Crippen LogP contribution in [0.4, 0.5) is 4.79 Å². The molecule has 0 saturated heterocycles. The number of hydrogen-bond acceptors (Lipinski definition) is 3. The van der Waals surface area contributed by atoms with Crippen LogP contribution in [0.2, 0.25) is 0 Å². The fourth-order valence-electron chi connectivity index (χ4n) is 2.84. The van der Waals surface area contributed by atoms with Crippen LogP contribution in [0, 0.1) is 0 Å². The molecule has 1 saturated carbocycles. The van der Waals surface area contributed by atoms with Crippen LogP contribution in [-0.4, -0.2) is 30.4 Å². The molecule has 122 valence electrons. The van der Waals surface area contributed by atoms with Crippen molar-refractivity contribution in [2.75, 3.05) is 13.7 Å². The molecule has 5 heteroatoms. The summed E-state index contributed by atoms with van der Waals surface area (Å²) in [5.74, 6) is 0.771. The number of carbonyl (C=O) groups is 1. The maximum atomic E-state index is 11.9. The van der Waals surface area contributed by atoms with Gasteiger partial charge in [0.15, 0.2) is 0 Å². The van der Waals surface area contributed by atoms with Crippen molar-refractivity contribution >= 4 is 6.03 Å². The lowest BCUT2D eigenvalue weighted by Gasteiger charge is -2.26. The third-order valence-electron chi connectivity index (χ3n) is 4.20. The molecule has 0 spiro atoms. The standard InChI is InChI=1S/C17H26N2O3/c1-22-15-8-6-7-14(11-15)12-18-16(20)19-13-17(21)9-4-2-3-5-10-17/h6-8,11,21H,2-5,9-10,12-13H2,1H3,(H2,18,19,20). The van der Waals surface area contributed by atoms with Crippen LogP contribution in [0.1, 0.15) is 44.1 Å². The molecule has 0 unspecified atom stereocenters. The fraction of sp³-hybridized carbons (Fsp3) is 0.588. The van der Waals surface area contributed by atoms with Crippen molar-refractivity contribution in [1.82, 2.24) is 10.6 Å². The quantitative estimate of drug-likeness (QED) is 0.732. The number of carbonyl (C=O) groups excluding carboxylic acids is 1. The van der Waals surface area contributed by atoms with Crippen molar-refractivity contribution in [2.45, 2.75) is 50.7 Å². The zero-order valence-corrected chi connectivity index (χ0v) is 13.2. The summed E-state index contributed by atoms with van der Waals surface area (Å²) in [5, 5.41) is 16.1. The van der Waals surface area contributed by atoms with E-state index in [2.05, 4.69) is 10.6 Å². The topological polar surface area (TPSA) is 70.6 Å². The summed E-state index contributed by atoms with van der Waals surface area (Å²) in [4.78, 5) is 11.9. The number of ether oxygens (including phenoxy) is 1. The highest BCUT2D eigenvalue weighted by Crippen LogP contribution is 2.26. The Bertz CT molecular complexity index is 483. The Balaban J connectivity index is 1.75. The van der Waals surface area contributed by atoms with Crippen molar-refractivity contribution in [2.24, 2.45) is 0 Å². The van der Waals surface area contributed by atoms with Gasteiger partial charge in [-0.3, -0.25) is 0 Å². The van der Waals surface area contributed by atoms with Crippen molar-refractivity contribution in [3.8, 4) is 5.75 Å². The second kappa shape index (κ2) is 8.03. The van der Waals surface area contributed by atoms with Gasteiger partial charge in [-0.1, -0.05) is 37.8 Å². The summed E-state index contributed by atoms with van der Waals surface area (Å²) in [5.41, 5.74) is 0.228. The molecule has 2 amide bonds. The van der Waals surface area contributed by atoms with E-state index in [1.165, 1.54) is 12.8 Å². The summed E-state index contributed by atoms with van der Waals surface area (Å²) >= 11 is 0. The molecule has 1 aromatic carbocycles. The van der Waals surface area contributed by atoms with E-state index in [9.17, 15) is 9.90 Å². The molecular weight excluding hydrogens is 280 g/mol. The molecule has 2 rings (SSSR count). The second-order valence-corrected chi connectivity index (χ2v) is 6.03. The molecule has 1 aliphatic carbocycles. The first-order valence-corrected chi connectivity index (χ1v) is 7.98. The monoisotopic (exact) mass is 306 g/mol. The number of benzene rings is 1. The van der Waals surface area contributed by atoms with Gasteiger partial charge < -0.3 is 20.5 Å². The molecule has 0 aliphatic heterocycles. The molecule has 3 N–H and O–H groups in total. The summed E-state index contributed by atoms with van der Waals surface area (Å²) in [6.07, 6.45) is 5.94. The van der Waals surface area contributed by atoms with E-state index >= 15 is 0 Å². The SMILES string of the molecule is COc1cccc(CNC(=O)NCC2(O)CCCCCC2)c1. The van der Waals surface area contributed by atoms with E-state index < -0.39 is 5.60 Å². The average Bonchev–Trinajstić information content (AvgIpc) is 2.76. The first-order chi connectivity index (χ1) is 10.6. The molecule has 1 aliphatic rings. The summed E-state index contributed by atoms with van der Waals surface area (Å²) in [7, 11) is 1.62. The summed E-state index contributed by atoms with van der Waals surface area (Å²) in [6.45, 7) is 0.748. The second-order valence-electron chi connectivity index (χ2n) is 6.03. The number of hydrogen-bond donors (Lipinski definition) is 3. The molecule has 0 radical (unpaired) electrons. The minimum absolute atomic E-state index is 0.250. The number of rotatable bonds is 5. The first-order valence-electron chi connectivity index (χ1n) is 7.98. The van der Waals surface area contributed by atoms with Gasteiger partial charge in [-0.2, -0.15) is 0 Å². The largest absolute Gasteiger partial charge is 0.497 e. The minimum atomic E-state index is -0.746. The van der Waals surface area contributed by atoms with Gasteiger partial charge in [-0.05, 0) is 30.5 Å². The van der Waals surface area contributed by atoms with Gasteiger partial charge in [0, 0.05) is 13.1 Å². The minimum Gasteiger partial charge on any atom is -0.497 e. The third-order valence-corrected chi connectivity index (χ3v) is 4.20. The van der Waals surface area contributed by atoms with Gasteiger partial charge in [0.1, 0.15) is 5.75 Å². The van der Waals surface area contributed by atoms with E-state index in [0.717, 1.165) is 37.0 Å². The van der Waals surface area contributed by atoms with Crippen molar-refractivity contribution in [3.63, 3.8) is 0 Å². The molecule has 5 nitrogen and oxygen atoms in total. The Kier molecular flexibility index (Phi) is 6.07. The van der Waals surface area contributed by atoms with Crippen LogP contribution in [-0.2, 0) is 6.54 Å². The summed E-state index contributed by atoms with van der Waals surface area (Å²) < 4.78 is 5.15. The van der Waals surface area contributed by atoms with Crippen LogP contribution < -0.4 is 15.4 Å². The number of nitrogens with one attached hydrogen (secondary N) is 2. The number of methoxy groups -OCH3 is 1. The Morgan fingerprint density at radius 1 is 1.23 bits per heavy atom. The smallest absolute Gasteiger partial charge is 0.315 e. The van der Waals surface area contributed by atoms with Gasteiger partial charge in [0.2, 0.25) is 0 Å². The number of amides is 2. The molecule has 0 aromatic heterocycles. The number of aliphatic hydroxyl groups is 1. The fourth-order valence-corrected chi connectivity index (χ4v) is 2.84. The van der Waals surface area contributed by atoms with E-state index in [4.69, 9.17) is 4.74 Å². The van der Waals surface area contributed by atoms with Crippen LogP contribution in [0.25, 0.3) is 0 Å². The van der Waals surface area contributed by atoms with E-state index in [0.29, 0.717) is 13.1 Å². The maximum absolute atomic E-state index is 11.9. The van der Waals surface area contributed by atoms with Crippen LogP contribution >= 0.6 is 0 Å². The Morgan fingerprint density at radius 3 is 2.64 bits per heavy atom. The highest BCUT2D eigenvalue weighted by molar-refractivity contribution is 5.73. The highest BCUT2D eigenvalue weighted by Gasteiger charge is 2.28. The maximum Gasteiger partial charge on any atom is 0.315 e. The molecule has 0 heterocycles. The van der Waals surface area contributed by atoms with Crippen molar-refractivity contribution < 1.29 is 14.6 Å². The van der Waals surface area contributed by atoms with Crippen molar-refractivity contribution in [3.05, 3.63) is 29.8 Å². The average molecular weight is 306 g/mol. The third kappa shape index (κ3) is 5.22. The lowest BCUT2D eigenvalue weighted by atomic mass is 9.95. The zero-order chi connectivity index (χ0) is 15.8. The molecule has 1 aromatic rings. The number of urea groups is 1. The van der Waals surface area contributed by atoms with Crippen LogP contribution in [0.5, 0.6) is 5.75 Å². The molecule has 0 atom stereocenters. The lowest BCUT2D eigenvalue weighted by Crippen LogP contribution is -2.46. The lowest BCUT2D eigenvalue weighted by molar-refractivity contribution is 0.0277. The summed E-state index contributed by atoms with van der Waals surface area (Å²) in [6, 6.07) is 7.33. The molecular formula is C17H26N2O3.